The number of aromatic nitrogens is 2. The predicted molar refractivity (Wildman–Crippen MR) is 155 cm³/mol. The molecule has 2 fully saturated rings. The molecule has 2 atom stereocenters. The fraction of sp³-hybridized carbons (Fsp3) is 0.357. The fourth-order valence-electron chi connectivity index (χ4n) is 4.88. The number of benzene rings is 1. The van der Waals surface area contributed by atoms with Crippen LogP contribution in [0.15, 0.2) is 52.3 Å². The number of thiocarbonyl (C=S) groups is 1. The van der Waals surface area contributed by atoms with Gasteiger partial charge in [-0.15, -0.1) is 0 Å². The molecule has 0 bridgehead atoms. The lowest BCUT2D eigenvalue weighted by Gasteiger charge is -2.36. The molecular weight excluding hydrogens is 520 g/mol. The number of pyridine rings is 1. The van der Waals surface area contributed by atoms with Crippen molar-refractivity contribution < 1.29 is 14.3 Å². The molecule has 0 aliphatic carbocycles. The van der Waals surface area contributed by atoms with E-state index < -0.39 is 0 Å². The summed E-state index contributed by atoms with van der Waals surface area (Å²) in [4.78, 5) is 36.2. The Morgan fingerprint density at radius 1 is 1.16 bits per heavy atom. The Morgan fingerprint density at radius 2 is 1.87 bits per heavy atom. The molecule has 38 heavy (non-hydrogen) atoms. The molecule has 2 aliphatic rings. The van der Waals surface area contributed by atoms with E-state index in [0.29, 0.717) is 52.3 Å². The van der Waals surface area contributed by atoms with Crippen molar-refractivity contribution in [1.82, 2.24) is 14.3 Å². The van der Waals surface area contributed by atoms with E-state index in [1.165, 1.54) is 11.8 Å². The Balaban J connectivity index is 1.49. The second kappa shape index (κ2) is 10.9. The van der Waals surface area contributed by atoms with Gasteiger partial charge in [-0.25, -0.2) is 4.98 Å². The molecule has 0 N–H and O–H groups in total. The highest BCUT2D eigenvalue weighted by molar-refractivity contribution is 8.26. The number of anilines is 1. The molecule has 5 rings (SSSR count). The van der Waals surface area contributed by atoms with Gasteiger partial charge in [0.05, 0.1) is 29.8 Å². The van der Waals surface area contributed by atoms with Gasteiger partial charge >= 0.3 is 0 Å². The number of hydrogen-bond donors (Lipinski definition) is 0. The van der Waals surface area contributed by atoms with E-state index in [-0.39, 0.29) is 23.7 Å². The molecule has 0 unspecified atom stereocenters. The van der Waals surface area contributed by atoms with Gasteiger partial charge in [-0.05, 0) is 62.6 Å². The van der Waals surface area contributed by atoms with E-state index in [9.17, 15) is 9.59 Å². The lowest BCUT2D eigenvalue weighted by molar-refractivity contribution is -0.122. The van der Waals surface area contributed by atoms with Crippen molar-refractivity contribution in [2.45, 2.75) is 39.4 Å². The summed E-state index contributed by atoms with van der Waals surface area (Å²) in [7, 11) is 1.63. The average Bonchev–Trinajstić information content (AvgIpc) is 3.16. The highest BCUT2D eigenvalue weighted by Gasteiger charge is 2.33. The number of thioether (sulfide) groups is 1. The van der Waals surface area contributed by atoms with Crippen LogP contribution in [0.5, 0.6) is 5.75 Å². The first-order valence-corrected chi connectivity index (χ1v) is 13.8. The van der Waals surface area contributed by atoms with Gasteiger partial charge in [0.25, 0.3) is 11.5 Å². The van der Waals surface area contributed by atoms with E-state index in [1.807, 2.05) is 57.2 Å². The number of carbonyl (C=O) groups excluding carboxylic acids is 1. The second-order valence-corrected chi connectivity index (χ2v) is 11.3. The largest absolute Gasteiger partial charge is 0.497 e. The molecule has 1 amide bonds. The van der Waals surface area contributed by atoms with Crippen LogP contribution in [0, 0.1) is 6.92 Å². The number of nitrogens with zero attached hydrogens (tertiary/aromatic N) is 4. The van der Waals surface area contributed by atoms with Gasteiger partial charge in [-0.2, -0.15) is 0 Å². The molecule has 198 valence electrons. The minimum absolute atomic E-state index is 0.0140. The third-order valence-corrected chi connectivity index (χ3v) is 8.09. The van der Waals surface area contributed by atoms with E-state index in [2.05, 4.69) is 4.90 Å². The molecule has 8 nitrogen and oxygen atoms in total. The van der Waals surface area contributed by atoms with Crippen LogP contribution in [-0.2, 0) is 16.0 Å². The first kappa shape index (κ1) is 26.4. The van der Waals surface area contributed by atoms with Gasteiger partial charge < -0.3 is 14.4 Å². The Hall–Kier alpha value is -3.21. The van der Waals surface area contributed by atoms with Crippen LogP contribution in [0.2, 0.25) is 0 Å². The van der Waals surface area contributed by atoms with Crippen LogP contribution in [0.3, 0.4) is 0 Å². The molecule has 2 aliphatic heterocycles. The zero-order valence-electron chi connectivity index (χ0n) is 21.8. The number of amides is 1. The van der Waals surface area contributed by atoms with Gasteiger partial charge in [0.2, 0.25) is 0 Å². The molecule has 1 aromatic carbocycles. The SMILES string of the molecule is COc1ccc(CCN2C(=O)/C(=C/c3c(N4C[C@@H](C)O[C@H](C)C4)nc4c(C)cccn4c3=O)SC2=S)cc1. The summed E-state index contributed by atoms with van der Waals surface area (Å²) in [5.74, 6) is 1.15. The van der Waals surface area contributed by atoms with E-state index in [4.69, 9.17) is 26.7 Å². The fourth-order valence-corrected chi connectivity index (χ4v) is 6.17. The van der Waals surface area contributed by atoms with Crippen LogP contribution >= 0.6 is 24.0 Å². The highest BCUT2D eigenvalue weighted by atomic mass is 32.2. The Labute approximate surface area is 231 Å². The molecule has 3 aromatic rings. The Bertz CT molecular complexity index is 1470. The normalized spacial score (nSPS) is 21.1. The maximum absolute atomic E-state index is 13.8. The first-order valence-electron chi connectivity index (χ1n) is 12.6. The van der Waals surface area contributed by atoms with Gasteiger partial charge in [-0.1, -0.05) is 42.2 Å². The molecule has 0 radical (unpaired) electrons. The topological polar surface area (TPSA) is 76.4 Å². The molecule has 0 spiro atoms. The van der Waals surface area contributed by atoms with Crippen molar-refractivity contribution >= 4 is 51.7 Å². The predicted octanol–water partition coefficient (Wildman–Crippen LogP) is 4.07. The second-order valence-electron chi connectivity index (χ2n) is 9.63. The Morgan fingerprint density at radius 3 is 2.55 bits per heavy atom. The van der Waals surface area contributed by atoms with Crippen LogP contribution in [0.25, 0.3) is 11.7 Å². The molecule has 0 saturated carbocycles. The number of aryl methyl sites for hydroxylation is 1. The van der Waals surface area contributed by atoms with Crippen molar-refractivity contribution in [2.75, 3.05) is 31.6 Å². The summed E-state index contributed by atoms with van der Waals surface area (Å²) in [6, 6.07) is 11.5. The summed E-state index contributed by atoms with van der Waals surface area (Å²) in [5.41, 5.74) is 2.74. The maximum Gasteiger partial charge on any atom is 0.267 e. The summed E-state index contributed by atoms with van der Waals surface area (Å²) in [6.45, 7) is 7.60. The summed E-state index contributed by atoms with van der Waals surface area (Å²) < 4.78 is 13.2. The molecule has 2 saturated heterocycles. The molecule has 10 heteroatoms. The third-order valence-electron chi connectivity index (χ3n) is 6.72. The summed E-state index contributed by atoms with van der Waals surface area (Å²) in [6.07, 6.45) is 4.00. The van der Waals surface area contributed by atoms with Crippen LogP contribution in [0.1, 0.15) is 30.5 Å². The Kier molecular flexibility index (Phi) is 7.56. The minimum Gasteiger partial charge on any atom is -0.497 e. The number of methoxy groups -OCH3 is 1. The van der Waals surface area contributed by atoms with E-state index in [1.54, 1.807) is 28.7 Å². The lowest BCUT2D eigenvalue weighted by atomic mass is 10.1. The van der Waals surface area contributed by atoms with E-state index in [0.717, 1.165) is 16.9 Å². The summed E-state index contributed by atoms with van der Waals surface area (Å²) in [5, 5.41) is 0. The van der Waals surface area contributed by atoms with Crippen molar-refractivity contribution in [3.8, 4) is 5.75 Å². The smallest absolute Gasteiger partial charge is 0.267 e. The number of ether oxygens (including phenoxy) is 2. The number of hydrogen-bond acceptors (Lipinski definition) is 8. The zero-order chi connectivity index (χ0) is 27.0. The standard InChI is InChI=1S/C28H30N4O4S2/c1-17-6-5-12-31-24(17)29-25(30-15-18(2)36-19(3)16-30)22(26(31)33)14-23-27(34)32(28(37)38-23)13-11-20-7-9-21(35-4)10-8-20/h5-10,12,14,18-19H,11,13,15-16H2,1-4H3/b23-14-/t18-,19-/m1/s1. The quantitative estimate of drug-likeness (QED) is 0.336. The molecular formula is C28H30N4O4S2. The minimum atomic E-state index is -0.219. The van der Waals surface area contributed by atoms with Gasteiger partial charge in [0.15, 0.2) is 0 Å². The average molecular weight is 551 g/mol. The van der Waals surface area contributed by atoms with Crippen LogP contribution < -0.4 is 15.2 Å². The zero-order valence-corrected chi connectivity index (χ0v) is 23.5. The lowest BCUT2D eigenvalue weighted by Crippen LogP contribution is -2.46. The number of rotatable bonds is 6. The van der Waals surface area contributed by atoms with Gasteiger partial charge in [0, 0.05) is 25.8 Å². The molecule has 4 heterocycles. The van der Waals surface area contributed by atoms with Crippen molar-refractivity contribution in [2.24, 2.45) is 0 Å². The first-order chi connectivity index (χ1) is 18.2. The van der Waals surface area contributed by atoms with Crippen molar-refractivity contribution in [3.63, 3.8) is 0 Å². The number of carbonyl (C=O) groups is 1. The van der Waals surface area contributed by atoms with Crippen molar-refractivity contribution in [3.05, 3.63) is 74.5 Å². The number of morpholine rings is 1. The maximum atomic E-state index is 13.8. The van der Waals surface area contributed by atoms with Crippen LogP contribution in [0.4, 0.5) is 5.82 Å². The van der Waals surface area contributed by atoms with Gasteiger partial charge in [0.1, 0.15) is 21.5 Å². The summed E-state index contributed by atoms with van der Waals surface area (Å²) >= 11 is 6.78. The van der Waals surface area contributed by atoms with Crippen LogP contribution in [-0.4, -0.2) is 63.5 Å². The van der Waals surface area contributed by atoms with E-state index >= 15 is 0 Å². The third kappa shape index (κ3) is 5.21. The highest BCUT2D eigenvalue weighted by Crippen LogP contribution is 2.34. The van der Waals surface area contributed by atoms with Gasteiger partial charge in [-0.3, -0.25) is 18.9 Å². The van der Waals surface area contributed by atoms with Crippen molar-refractivity contribution in [1.29, 1.82) is 0 Å². The number of fused-ring (bicyclic) bond motifs is 1. The monoisotopic (exact) mass is 550 g/mol. The molecule has 2 aromatic heterocycles.